The van der Waals surface area contributed by atoms with Gasteiger partial charge in [-0.25, -0.2) is 13.7 Å². The lowest BCUT2D eigenvalue weighted by Gasteiger charge is -2.35. The third-order valence-electron chi connectivity index (χ3n) is 5.62. The Labute approximate surface area is 172 Å². The van der Waals surface area contributed by atoms with Gasteiger partial charge in [0.15, 0.2) is 0 Å². The highest BCUT2D eigenvalue weighted by Gasteiger charge is 2.43. The minimum Gasteiger partial charge on any atom is -0.349 e. The highest BCUT2D eigenvalue weighted by molar-refractivity contribution is 6.22. The largest absolute Gasteiger partial charge is 0.349 e. The fraction of sp³-hybridized carbons (Fsp3) is 0.318. The summed E-state index contributed by atoms with van der Waals surface area (Å²) in [5.41, 5.74) is 0.765. The molecule has 0 saturated carbocycles. The Bertz CT molecular complexity index is 955. The van der Waals surface area contributed by atoms with Gasteiger partial charge >= 0.3 is 0 Å². The van der Waals surface area contributed by atoms with Crippen LogP contribution in [0.4, 0.5) is 14.5 Å². The van der Waals surface area contributed by atoms with E-state index >= 15 is 0 Å². The van der Waals surface area contributed by atoms with Gasteiger partial charge in [-0.15, -0.1) is 0 Å². The standard InChI is InChI=1S/C22H21F2N3O3/c23-15-3-1-14(2-4-15)21(29)25-17-9-11-26(12-10-17)19-13-20(28)27(22(19)30)18-7-5-16(24)6-8-18/h1-8,17,19H,9-13H2,(H,25,29)/t19-/m1/s1. The first kappa shape index (κ1) is 20.2. The number of carbonyl (C=O) groups excluding carboxylic acids is 3. The number of hydrogen-bond donors (Lipinski definition) is 1. The van der Waals surface area contributed by atoms with Gasteiger partial charge in [-0.05, 0) is 61.4 Å². The third-order valence-corrected chi connectivity index (χ3v) is 5.62. The first-order valence-corrected chi connectivity index (χ1v) is 9.85. The summed E-state index contributed by atoms with van der Waals surface area (Å²) in [5.74, 6) is -1.70. The lowest BCUT2D eigenvalue weighted by Crippen LogP contribution is -2.50. The Morgan fingerprint density at radius 1 is 0.900 bits per heavy atom. The first-order valence-electron chi connectivity index (χ1n) is 9.85. The Balaban J connectivity index is 1.34. The summed E-state index contributed by atoms with van der Waals surface area (Å²) < 4.78 is 26.1. The second-order valence-corrected chi connectivity index (χ2v) is 7.55. The molecule has 3 amide bonds. The quantitative estimate of drug-likeness (QED) is 0.782. The molecule has 6 nitrogen and oxygen atoms in total. The number of nitrogens with one attached hydrogen (secondary N) is 1. The fourth-order valence-corrected chi connectivity index (χ4v) is 3.99. The second-order valence-electron chi connectivity index (χ2n) is 7.55. The Hall–Kier alpha value is -3.13. The minimum absolute atomic E-state index is 0.0563. The van der Waals surface area contributed by atoms with E-state index in [9.17, 15) is 23.2 Å². The van der Waals surface area contributed by atoms with E-state index in [1.54, 1.807) is 0 Å². The zero-order valence-electron chi connectivity index (χ0n) is 16.2. The summed E-state index contributed by atoms with van der Waals surface area (Å²) in [5, 5.41) is 2.94. The van der Waals surface area contributed by atoms with Crippen LogP contribution < -0.4 is 10.2 Å². The van der Waals surface area contributed by atoms with E-state index in [1.807, 2.05) is 4.90 Å². The smallest absolute Gasteiger partial charge is 0.251 e. The molecular formula is C22H21F2N3O3. The number of rotatable bonds is 4. The van der Waals surface area contributed by atoms with Crippen molar-refractivity contribution in [1.82, 2.24) is 10.2 Å². The molecule has 2 heterocycles. The van der Waals surface area contributed by atoms with Crippen LogP contribution in [0.5, 0.6) is 0 Å². The van der Waals surface area contributed by atoms with Crippen LogP contribution in [0.25, 0.3) is 0 Å². The Morgan fingerprint density at radius 3 is 2.07 bits per heavy atom. The van der Waals surface area contributed by atoms with Gasteiger partial charge in [0, 0.05) is 24.7 Å². The maximum absolute atomic E-state index is 13.1. The molecule has 0 unspecified atom stereocenters. The molecule has 2 aromatic rings. The van der Waals surface area contributed by atoms with Gasteiger partial charge in [-0.1, -0.05) is 0 Å². The van der Waals surface area contributed by atoms with Gasteiger partial charge in [-0.3, -0.25) is 19.3 Å². The summed E-state index contributed by atoms with van der Waals surface area (Å²) >= 11 is 0. The number of hydrogen-bond acceptors (Lipinski definition) is 4. The molecule has 2 aromatic carbocycles. The van der Waals surface area contributed by atoms with Gasteiger partial charge in [0.05, 0.1) is 18.2 Å². The molecule has 0 spiro atoms. The molecule has 0 aromatic heterocycles. The van der Waals surface area contributed by atoms with Gasteiger partial charge in [0.25, 0.3) is 11.8 Å². The lowest BCUT2D eigenvalue weighted by molar-refractivity contribution is -0.123. The highest BCUT2D eigenvalue weighted by atomic mass is 19.1. The summed E-state index contributed by atoms with van der Waals surface area (Å²) in [4.78, 5) is 40.6. The van der Waals surface area contributed by atoms with Crippen molar-refractivity contribution in [2.24, 2.45) is 0 Å². The predicted octanol–water partition coefficient (Wildman–Crippen LogP) is 2.49. The Morgan fingerprint density at radius 2 is 1.47 bits per heavy atom. The van der Waals surface area contributed by atoms with Crippen molar-refractivity contribution >= 4 is 23.4 Å². The van der Waals surface area contributed by atoms with Crippen LogP contribution in [-0.4, -0.2) is 47.8 Å². The van der Waals surface area contributed by atoms with Crippen molar-refractivity contribution in [2.75, 3.05) is 18.0 Å². The second kappa shape index (κ2) is 8.31. The summed E-state index contributed by atoms with van der Waals surface area (Å²) in [6.07, 6.45) is 1.37. The molecule has 2 saturated heterocycles. The van der Waals surface area contributed by atoms with Crippen molar-refractivity contribution in [1.29, 1.82) is 0 Å². The number of anilines is 1. The molecule has 0 radical (unpaired) electrons. The number of piperidine rings is 1. The molecule has 156 valence electrons. The molecule has 4 rings (SSSR count). The van der Waals surface area contributed by atoms with E-state index in [-0.39, 0.29) is 30.2 Å². The van der Waals surface area contributed by atoms with Gasteiger partial charge < -0.3 is 5.32 Å². The van der Waals surface area contributed by atoms with Gasteiger partial charge in [-0.2, -0.15) is 0 Å². The van der Waals surface area contributed by atoms with Crippen molar-refractivity contribution in [2.45, 2.75) is 31.3 Å². The monoisotopic (exact) mass is 413 g/mol. The molecule has 1 N–H and O–H groups in total. The molecule has 0 aliphatic carbocycles. The van der Waals surface area contributed by atoms with E-state index < -0.39 is 17.7 Å². The molecule has 30 heavy (non-hydrogen) atoms. The van der Waals surface area contributed by atoms with Crippen molar-refractivity contribution in [3.05, 3.63) is 65.7 Å². The van der Waals surface area contributed by atoms with Crippen LogP contribution in [0, 0.1) is 11.6 Å². The van der Waals surface area contributed by atoms with E-state index in [0.29, 0.717) is 37.2 Å². The topological polar surface area (TPSA) is 69.7 Å². The zero-order valence-corrected chi connectivity index (χ0v) is 16.2. The van der Waals surface area contributed by atoms with E-state index in [2.05, 4.69) is 5.32 Å². The number of halogens is 2. The number of likely N-dealkylation sites (tertiary alicyclic amines) is 1. The van der Waals surface area contributed by atoms with E-state index in [4.69, 9.17) is 0 Å². The SMILES string of the molecule is O=C(NC1CCN([C@@H]2CC(=O)N(c3ccc(F)cc3)C2=O)CC1)c1ccc(F)cc1. The highest BCUT2D eigenvalue weighted by Crippen LogP contribution is 2.27. The van der Waals surface area contributed by atoms with Crippen LogP contribution in [0.2, 0.25) is 0 Å². The predicted molar refractivity (Wildman–Crippen MR) is 106 cm³/mol. The van der Waals surface area contributed by atoms with Crippen LogP contribution in [0.1, 0.15) is 29.6 Å². The first-order chi connectivity index (χ1) is 14.4. The molecule has 2 fully saturated rings. The number of carbonyl (C=O) groups is 3. The van der Waals surface area contributed by atoms with Crippen LogP contribution in [0.15, 0.2) is 48.5 Å². The molecule has 2 aliphatic rings. The summed E-state index contributed by atoms with van der Waals surface area (Å²) in [6.45, 7) is 1.13. The lowest BCUT2D eigenvalue weighted by atomic mass is 10.0. The Kier molecular flexibility index (Phi) is 5.59. The average molecular weight is 413 g/mol. The van der Waals surface area contributed by atoms with Crippen LogP contribution in [-0.2, 0) is 9.59 Å². The van der Waals surface area contributed by atoms with Crippen molar-refractivity contribution in [3.8, 4) is 0 Å². The summed E-state index contributed by atoms with van der Waals surface area (Å²) in [6, 6.07) is 10.0. The van der Waals surface area contributed by atoms with Crippen LogP contribution in [0.3, 0.4) is 0 Å². The summed E-state index contributed by atoms with van der Waals surface area (Å²) in [7, 11) is 0. The fourth-order valence-electron chi connectivity index (χ4n) is 3.99. The van der Waals surface area contributed by atoms with Gasteiger partial charge in [0.1, 0.15) is 11.6 Å². The average Bonchev–Trinajstić information content (AvgIpc) is 3.04. The maximum Gasteiger partial charge on any atom is 0.251 e. The molecule has 0 bridgehead atoms. The zero-order chi connectivity index (χ0) is 21.3. The number of amides is 3. The molecular weight excluding hydrogens is 392 g/mol. The minimum atomic E-state index is -0.545. The molecule has 2 aliphatic heterocycles. The van der Waals surface area contributed by atoms with E-state index in [0.717, 1.165) is 4.90 Å². The molecule has 8 heteroatoms. The van der Waals surface area contributed by atoms with E-state index in [1.165, 1.54) is 48.5 Å². The van der Waals surface area contributed by atoms with Crippen molar-refractivity contribution < 1.29 is 23.2 Å². The van der Waals surface area contributed by atoms with Crippen molar-refractivity contribution in [3.63, 3.8) is 0 Å². The normalized spacial score (nSPS) is 20.6. The molecule has 1 atom stereocenters. The third kappa shape index (κ3) is 4.09. The number of nitrogens with zero attached hydrogens (tertiary/aromatic N) is 2. The number of benzene rings is 2. The van der Waals surface area contributed by atoms with Gasteiger partial charge in [0.2, 0.25) is 5.91 Å². The van der Waals surface area contributed by atoms with Crippen LogP contribution >= 0.6 is 0 Å². The maximum atomic E-state index is 13.1. The number of imide groups is 1.